The number of hydrogen-bond donors (Lipinski definition) is 1. The van der Waals surface area contributed by atoms with Crippen LogP contribution in [0, 0.1) is 0 Å². The van der Waals surface area contributed by atoms with Gasteiger partial charge in [0.25, 0.3) is 0 Å². The van der Waals surface area contributed by atoms with Gasteiger partial charge in [-0.05, 0) is 41.0 Å². The SMILES string of the molecule is NCc1ccc(-c2cccc(C3CCC3)c2)cc1. The minimum absolute atomic E-state index is 0.613. The third kappa shape index (κ3) is 2.19. The van der Waals surface area contributed by atoms with E-state index in [1.54, 1.807) is 0 Å². The van der Waals surface area contributed by atoms with Gasteiger partial charge in [0.15, 0.2) is 0 Å². The quantitative estimate of drug-likeness (QED) is 0.855. The van der Waals surface area contributed by atoms with Crippen molar-refractivity contribution < 1.29 is 0 Å². The molecule has 0 amide bonds. The normalized spacial score (nSPS) is 15.4. The molecule has 1 saturated carbocycles. The molecule has 92 valence electrons. The topological polar surface area (TPSA) is 26.0 Å². The van der Waals surface area contributed by atoms with Crippen LogP contribution in [0.5, 0.6) is 0 Å². The van der Waals surface area contributed by atoms with E-state index in [9.17, 15) is 0 Å². The van der Waals surface area contributed by atoms with E-state index in [4.69, 9.17) is 5.73 Å². The summed E-state index contributed by atoms with van der Waals surface area (Å²) in [6, 6.07) is 17.6. The van der Waals surface area contributed by atoms with Crippen LogP contribution < -0.4 is 5.73 Å². The van der Waals surface area contributed by atoms with Crippen LogP contribution in [0.3, 0.4) is 0 Å². The standard InChI is InChI=1S/C17H19N/c18-12-13-7-9-15(10-8-13)17-6-2-5-16(11-17)14-3-1-4-14/h2,5-11,14H,1,3-4,12,18H2. The maximum atomic E-state index is 5.63. The highest BCUT2D eigenvalue weighted by Crippen LogP contribution is 2.37. The van der Waals surface area contributed by atoms with Gasteiger partial charge in [-0.3, -0.25) is 0 Å². The lowest BCUT2D eigenvalue weighted by atomic mass is 9.79. The first-order valence-electron chi connectivity index (χ1n) is 6.76. The minimum Gasteiger partial charge on any atom is -0.326 e. The van der Waals surface area contributed by atoms with Crippen LogP contribution in [-0.4, -0.2) is 0 Å². The molecule has 2 aromatic rings. The van der Waals surface area contributed by atoms with Gasteiger partial charge in [-0.25, -0.2) is 0 Å². The molecule has 1 aliphatic rings. The van der Waals surface area contributed by atoms with E-state index in [0.717, 1.165) is 5.92 Å². The number of benzene rings is 2. The van der Waals surface area contributed by atoms with Crippen LogP contribution in [0.2, 0.25) is 0 Å². The molecule has 0 unspecified atom stereocenters. The molecule has 2 aromatic carbocycles. The third-order valence-corrected chi connectivity index (χ3v) is 3.99. The van der Waals surface area contributed by atoms with Crippen molar-refractivity contribution in [1.29, 1.82) is 0 Å². The molecule has 1 nitrogen and oxygen atoms in total. The first kappa shape index (κ1) is 11.5. The van der Waals surface area contributed by atoms with Gasteiger partial charge in [-0.1, -0.05) is 55.0 Å². The van der Waals surface area contributed by atoms with Crippen LogP contribution in [0.25, 0.3) is 11.1 Å². The van der Waals surface area contributed by atoms with Gasteiger partial charge in [-0.2, -0.15) is 0 Å². The molecule has 0 atom stereocenters. The summed E-state index contributed by atoms with van der Waals surface area (Å²) in [5.74, 6) is 0.799. The molecule has 0 bridgehead atoms. The van der Waals surface area contributed by atoms with Crippen molar-refractivity contribution >= 4 is 0 Å². The predicted octanol–water partition coefficient (Wildman–Crippen LogP) is 4.08. The Bertz CT molecular complexity index is 524. The van der Waals surface area contributed by atoms with Crippen molar-refractivity contribution in [2.45, 2.75) is 31.7 Å². The summed E-state index contributed by atoms with van der Waals surface area (Å²) < 4.78 is 0. The maximum absolute atomic E-state index is 5.63. The Morgan fingerprint density at radius 3 is 2.33 bits per heavy atom. The Morgan fingerprint density at radius 1 is 0.944 bits per heavy atom. The Balaban J connectivity index is 1.90. The van der Waals surface area contributed by atoms with E-state index in [-0.39, 0.29) is 0 Å². The molecule has 0 aliphatic heterocycles. The van der Waals surface area contributed by atoms with E-state index in [0.29, 0.717) is 6.54 Å². The Morgan fingerprint density at radius 2 is 1.72 bits per heavy atom. The lowest BCUT2D eigenvalue weighted by Crippen LogP contribution is -2.08. The molecule has 2 N–H and O–H groups in total. The molecular weight excluding hydrogens is 218 g/mol. The van der Waals surface area contributed by atoms with Crippen molar-refractivity contribution in [3.8, 4) is 11.1 Å². The summed E-state index contributed by atoms with van der Waals surface area (Å²) >= 11 is 0. The predicted molar refractivity (Wildman–Crippen MR) is 76.4 cm³/mol. The molecule has 18 heavy (non-hydrogen) atoms. The zero-order valence-electron chi connectivity index (χ0n) is 10.6. The number of nitrogens with two attached hydrogens (primary N) is 1. The lowest BCUT2D eigenvalue weighted by molar-refractivity contribution is 0.420. The molecule has 1 aliphatic carbocycles. The Labute approximate surface area is 109 Å². The first-order chi connectivity index (χ1) is 8.86. The second-order valence-corrected chi connectivity index (χ2v) is 5.15. The average Bonchev–Trinajstić information content (AvgIpc) is 2.37. The average molecular weight is 237 g/mol. The lowest BCUT2D eigenvalue weighted by Gasteiger charge is -2.26. The van der Waals surface area contributed by atoms with Gasteiger partial charge in [0, 0.05) is 6.54 Å². The molecule has 0 saturated heterocycles. The van der Waals surface area contributed by atoms with Gasteiger partial charge in [-0.15, -0.1) is 0 Å². The summed E-state index contributed by atoms with van der Waals surface area (Å²) in [4.78, 5) is 0. The van der Waals surface area contributed by atoms with Crippen LogP contribution in [0.1, 0.15) is 36.3 Å². The molecular formula is C17H19N. The number of hydrogen-bond acceptors (Lipinski definition) is 1. The van der Waals surface area contributed by atoms with E-state index in [1.165, 1.54) is 41.5 Å². The van der Waals surface area contributed by atoms with Gasteiger partial charge < -0.3 is 5.73 Å². The maximum Gasteiger partial charge on any atom is 0.0178 e. The molecule has 1 fully saturated rings. The first-order valence-corrected chi connectivity index (χ1v) is 6.76. The van der Waals surface area contributed by atoms with Gasteiger partial charge >= 0.3 is 0 Å². The summed E-state index contributed by atoms with van der Waals surface area (Å²) in [5.41, 5.74) is 10.9. The molecule has 0 radical (unpaired) electrons. The molecule has 3 rings (SSSR count). The molecule has 1 heteroatoms. The van der Waals surface area contributed by atoms with Crippen molar-refractivity contribution in [3.05, 3.63) is 59.7 Å². The van der Waals surface area contributed by atoms with Gasteiger partial charge in [0.05, 0.1) is 0 Å². The highest BCUT2D eigenvalue weighted by molar-refractivity contribution is 5.64. The van der Waals surface area contributed by atoms with Crippen molar-refractivity contribution in [2.24, 2.45) is 5.73 Å². The Hall–Kier alpha value is -1.60. The third-order valence-electron chi connectivity index (χ3n) is 3.99. The molecule has 0 aromatic heterocycles. The summed E-state index contributed by atoms with van der Waals surface area (Å²) in [6.07, 6.45) is 4.10. The zero-order chi connectivity index (χ0) is 12.4. The van der Waals surface area contributed by atoms with Crippen molar-refractivity contribution in [1.82, 2.24) is 0 Å². The van der Waals surface area contributed by atoms with Gasteiger partial charge in [0.2, 0.25) is 0 Å². The zero-order valence-corrected chi connectivity index (χ0v) is 10.6. The van der Waals surface area contributed by atoms with E-state index in [1.807, 2.05) is 0 Å². The summed E-state index contributed by atoms with van der Waals surface area (Å²) in [6.45, 7) is 0.613. The smallest absolute Gasteiger partial charge is 0.0178 e. The fourth-order valence-electron chi connectivity index (χ4n) is 2.55. The summed E-state index contributed by atoms with van der Waals surface area (Å²) in [5, 5.41) is 0. The fourth-order valence-corrected chi connectivity index (χ4v) is 2.55. The van der Waals surface area contributed by atoms with E-state index >= 15 is 0 Å². The second kappa shape index (κ2) is 4.95. The molecule has 0 heterocycles. The monoisotopic (exact) mass is 237 g/mol. The van der Waals surface area contributed by atoms with Crippen LogP contribution in [-0.2, 0) is 6.54 Å². The largest absolute Gasteiger partial charge is 0.326 e. The van der Waals surface area contributed by atoms with Crippen molar-refractivity contribution in [2.75, 3.05) is 0 Å². The molecule has 0 spiro atoms. The van der Waals surface area contributed by atoms with Crippen LogP contribution >= 0.6 is 0 Å². The van der Waals surface area contributed by atoms with Crippen molar-refractivity contribution in [3.63, 3.8) is 0 Å². The summed E-state index contributed by atoms with van der Waals surface area (Å²) in [7, 11) is 0. The van der Waals surface area contributed by atoms with Crippen LogP contribution in [0.4, 0.5) is 0 Å². The highest BCUT2D eigenvalue weighted by atomic mass is 14.5. The Kier molecular flexibility index (Phi) is 3.16. The van der Waals surface area contributed by atoms with E-state index in [2.05, 4.69) is 48.5 Å². The second-order valence-electron chi connectivity index (χ2n) is 5.15. The van der Waals surface area contributed by atoms with E-state index < -0.39 is 0 Å². The highest BCUT2D eigenvalue weighted by Gasteiger charge is 2.19. The van der Waals surface area contributed by atoms with Crippen LogP contribution in [0.15, 0.2) is 48.5 Å². The fraction of sp³-hybridized carbons (Fsp3) is 0.294. The number of rotatable bonds is 3. The van der Waals surface area contributed by atoms with Gasteiger partial charge in [0.1, 0.15) is 0 Å². The minimum atomic E-state index is 0.613.